The summed E-state index contributed by atoms with van der Waals surface area (Å²) in [5, 5.41) is 2.99. The number of hydrogen-bond donors (Lipinski definition) is 1. The van der Waals surface area contributed by atoms with Crippen molar-refractivity contribution in [1.82, 2.24) is 14.2 Å². The number of hydrogen-bond acceptors (Lipinski definition) is 4. The third-order valence-electron chi connectivity index (χ3n) is 4.42. The van der Waals surface area contributed by atoms with E-state index < -0.39 is 21.4 Å². The molecule has 0 bridgehead atoms. The van der Waals surface area contributed by atoms with E-state index in [-0.39, 0.29) is 15.8 Å². The van der Waals surface area contributed by atoms with Gasteiger partial charge in [-0.05, 0) is 37.5 Å². The molecule has 0 saturated heterocycles. The maximum atomic E-state index is 12.9. The molecule has 2 aromatic rings. The Morgan fingerprint density at radius 1 is 1.26 bits per heavy atom. The molecule has 148 valence electrons. The summed E-state index contributed by atoms with van der Waals surface area (Å²) in [6.07, 6.45) is 2.35. The van der Waals surface area contributed by atoms with Gasteiger partial charge in [0.25, 0.3) is 5.91 Å². The fraction of sp³-hybridized carbons (Fsp3) is 0.474. The first kappa shape index (κ1) is 21.1. The van der Waals surface area contributed by atoms with Crippen molar-refractivity contribution in [2.75, 3.05) is 20.6 Å². The fourth-order valence-electron chi connectivity index (χ4n) is 2.74. The van der Waals surface area contributed by atoms with Crippen molar-refractivity contribution in [2.45, 2.75) is 38.6 Å². The summed E-state index contributed by atoms with van der Waals surface area (Å²) >= 11 is 0. The molecule has 0 saturated carbocycles. The Morgan fingerprint density at radius 2 is 1.93 bits per heavy atom. The van der Waals surface area contributed by atoms with Gasteiger partial charge < -0.3 is 9.88 Å². The van der Waals surface area contributed by atoms with Crippen LogP contribution >= 0.6 is 0 Å². The van der Waals surface area contributed by atoms with Crippen LogP contribution in [0.15, 0.2) is 34.1 Å². The molecular formula is C19H27N3O4S. The van der Waals surface area contributed by atoms with Crippen LogP contribution in [-0.2, 0) is 16.6 Å². The minimum atomic E-state index is -3.68. The molecule has 0 unspecified atom stereocenters. The summed E-state index contributed by atoms with van der Waals surface area (Å²) in [7, 11) is -0.811. The largest absolute Gasteiger partial charge is 0.352 e. The van der Waals surface area contributed by atoms with Gasteiger partial charge in [-0.15, -0.1) is 0 Å². The molecule has 8 heteroatoms. The zero-order chi connectivity index (χ0) is 20.4. The summed E-state index contributed by atoms with van der Waals surface area (Å²) < 4.78 is 27.7. The van der Waals surface area contributed by atoms with Crippen molar-refractivity contribution in [3.05, 3.63) is 40.2 Å². The van der Waals surface area contributed by atoms with Gasteiger partial charge in [0.2, 0.25) is 15.5 Å². The number of nitrogens with one attached hydrogen (secondary N) is 1. The molecular weight excluding hydrogens is 366 g/mol. The van der Waals surface area contributed by atoms with Crippen LogP contribution < -0.4 is 10.7 Å². The summed E-state index contributed by atoms with van der Waals surface area (Å²) in [5.41, 5.74) is 0.152. The van der Waals surface area contributed by atoms with Crippen LogP contribution in [-0.4, -0.2) is 43.8 Å². The first-order valence-electron chi connectivity index (χ1n) is 8.97. The summed E-state index contributed by atoms with van der Waals surface area (Å²) in [6.45, 7) is 7.03. The lowest BCUT2D eigenvalue weighted by Crippen LogP contribution is -2.31. The molecule has 0 aliphatic carbocycles. The second kappa shape index (κ2) is 8.22. The Balaban J connectivity index is 2.59. The molecule has 1 heterocycles. The van der Waals surface area contributed by atoms with Crippen LogP contribution in [0.2, 0.25) is 0 Å². The van der Waals surface area contributed by atoms with E-state index in [4.69, 9.17) is 0 Å². The Bertz CT molecular complexity index is 1010. The van der Waals surface area contributed by atoms with Crippen LogP contribution in [0.3, 0.4) is 0 Å². The Hall–Kier alpha value is -2.19. The number of aryl methyl sites for hydroxylation is 1. The molecule has 0 aliphatic rings. The van der Waals surface area contributed by atoms with Gasteiger partial charge in [0.15, 0.2) is 0 Å². The molecule has 0 radical (unpaired) electrons. The maximum Gasteiger partial charge on any atom is 0.256 e. The van der Waals surface area contributed by atoms with Gasteiger partial charge in [0.1, 0.15) is 5.56 Å². The topological polar surface area (TPSA) is 88.5 Å². The highest BCUT2D eigenvalue weighted by molar-refractivity contribution is 7.89. The van der Waals surface area contributed by atoms with Crippen molar-refractivity contribution in [2.24, 2.45) is 5.92 Å². The van der Waals surface area contributed by atoms with E-state index in [0.717, 1.165) is 10.7 Å². The summed E-state index contributed by atoms with van der Waals surface area (Å²) in [5.74, 6) is -0.00128. The van der Waals surface area contributed by atoms with Gasteiger partial charge in [0, 0.05) is 38.8 Å². The molecule has 0 spiro atoms. The molecule has 0 atom stereocenters. The van der Waals surface area contributed by atoms with Crippen LogP contribution in [0.5, 0.6) is 0 Å². The number of benzene rings is 1. The molecule has 1 aromatic heterocycles. The summed E-state index contributed by atoms with van der Waals surface area (Å²) in [4.78, 5) is 25.4. The Labute approximate surface area is 160 Å². The average molecular weight is 394 g/mol. The highest BCUT2D eigenvalue weighted by atomic mass is 32.2. The molecule has 0 fully saturated rings. The van der Waals surface area contributed by atoms with Gasteiger partial charge in [-0.3, -0.25) is 9.59 Å². The van der Waals surface area contributed by atoms with E-state index in [1.165, 1.54) is 32.4 Å². The normalized spacial score (nSPS) is 12.1. The first-order chi connectivity index (χ1) is 12.6. The molecule has 1 N–H and O–H groups in total. The zero-order valence-electron chi connectivity index (χ0n) is 16.4. The molecule has 2 rings (SSSR count). The quantitative estimate of drug-likeness (QED) is 0.780. The number of sulfonamides is 1. The number of pyridine rings is 1. The fourth-order valence-corrected chi connectivity index (χ4v) is 3.67. The highest BCUT2D eigenvalue weighted by Gasteiger charge is 2.20. The lowest BCUT2D eigenvalue weighted by atomic mass is 10.1. The number of carbonyl (C=O) groups is 1. The van der Waals surface area contributed by atoms with Crippen molar-refractivity contribution < 1.29 is 13.2 Å². The van der Waals surface area contributed by atoms with Crippen molar-refractivity contribution >= 4 is 26.8 Å². The van der Waals surface area contributed by atoms with Crippen LogP contribution in [0.25, 0.3) is 10.9 Å². The van der Waals surface area contributed by atoms with E-state index in [2.05, 4.69) is 19.2 Å². The van der Waals surface area contributed by atoms with Crippen LogP contribution in [0.1, 0.15) is 37.6 Å². The Morgan fingerprint density at radius 3 is 2.48 bits per heavy atom. The average Bonchev–Trinajstić information content (AvgIpc) is 2.61. The monoisotopic (exact) mass is 393 g/mol. The van der Waals surface area contributed by atoms with Gasteiger partial charge in [0.05, 0.1) is 10.4 Å². The SMILES string of the molecule is CCn1cc(C(=O)NCCC(C)C)c(=O)c2cc(S(=O)(=O)N(C)C)ccc21. The number of carbonyl (C=O) groups excluding carboxylic acids is 1. The van der Waals surface area contributed by atoms with Gasteiger partial charge in [-0.2, -0.15) is 0 Å². The van der Waals surface area contributed by atoms with Crippen molar-refractivity contribution in [1.29, 1.82) is 0 Å². The molecule has 27 heavy (non-hydrogen) atoms. The minimum Gasteiger partial charge on any atom is -0.352 e. The lowest BCUT2D eigenvalue weighted by Gasteiger charge is -2.15. The number of rotatable bonds is 7. The summed E-state index contributed by atoms with van der Waals surface area (Å²) in [6, 6.07) is 4.44. The van der Waals surface area contributed by atoms with E-state index in [9.17, 15) is 18.0 Å². The zero-order valence-corrected chi connectivity index (χ0v) is 17.3. The molecule has 1 aromatic carbocycles. The van der Waals surface area contributed by atoms with E-state index >= 15 is 0 Å². The predicted molar refractivity (Wildman–Crippen MR) is 107 cm³/mol. The van der Waals surface area contributed by atoms with Gasteiger partial charge >= 0.3 is 0 Å². The van der Waals surface area contributed by atoms with Crippen molar-refractivity contribution in [3.63, 3.8) is 0 Å². The third kappa shape index (κ3) is 4.39. The van der Waals surface area contributed by atoms with Crippen molar-refractivity contribution in [3.8, 4) is 0 Å². The van der Waals surface area contributed by atoms with Crippen LogP contribution in [0.4, 0.5) is 0 Å². The third-order valence-corrected chi connectivity index (χ3v) is 6.23. The Kier molecular flexibility index (Phi) is 6.43. The smallest absolute Gasteiger partial charge is 0.256 e. The molecule has 1 amide bonds. The maximum absolute atomic E-state index is 12.9. The van der Waals surface area contributed by atoms with Crippen LogP contribution in [0, 0.1) is 5.92 Å². The van der Waals surface area contributed by atoms with Gasteiger partial charge in [-0.25, -0.2) is 12.7 Å². The van der Waals surface area contributed by atoms with E-state index in [0.29, 0.717) is 24.5 Å². The minimum absolute atomic E-state index is 0.0208. The second-order valence-electron chi connectivity index (χ2n) is 7.06. The lowest BCUT2D eigenvalue weighted by molar-refractivity contribution is 0.0950. The molecule has 7 nitrogen and oxygen atoms in total. The number of fused-ring (bicyclic) bond motifs is 1. The number of amides is 1. The number of aromatic nitrogens is 1. The first-order valence-corrected chi connectivity index (χ1v) is 10.4. The highest BCUT2D eigenvalue weighted by Crippen LogP contribution is 2.20. The number of nitrogens with zero attached hydrogens (tertiary/aromatic N) is 2. The van der Waals surface area contributed by atoms with E-state index in [1.54, 1.807) is 10.6 Å². The second-order valence-corrected chi connectivity index (χ2v) is 9.21. The van der Waals surface area contributed by atoms with E-state index in [1.807, 2.05) is 6.92 Å². The predicted octanol–water partition coefficient (Wildman–Crippen LogP) is 2.05. The van der Waals surface area contributed by atoms with Gasteiger partial charge in [-0.1, -0.05) is 13.8 Å². The molecule has 0 aliphatic heterocycles. The standard InChI is InChI=1S/C19H27N3O4S/c1-6-22-12-16(19(24)20-10-9-13(2)3)18(23)15-11-14(7-8-17(15)22)27(25,26)21(4)5/h7-8,11-13H,6,9-10H2,1-5H3,(H,20,24).